The van der Waals surface area contributed by atoms with Crippen molar-refractivity contribution in [3.8, 4) is 11.5 Å². The highest BCUT2D eigenvalue weighted by Gasteiger charge is 2.10. The normalized spacial score (nSPS) is 11.2. The van der Waals surface area contributed by atoms with Crippen molar-refractivity contribution in [3.63, 3.8) is 0 Å². The smallest absolute Gasteiger partial charge is 0.250 e. The lowest BCUT2D eigenvalue weighted by molar-refractivity contribution is -0.118. The van der Waals surface area contributed by atoms with Gasteiger partial charge in [-0.1, -0.05) is 17.7 Å². The number of aromatic hydroxyl groups is 1. The molecular formula is C22H23N3O3S. The predicted molar refractivity (Wildman–Crippen MR) is 117 cm³/mol. The molecule has 1 aromatic heterocycles. The van der Waals surface area contributed by atoms with E-state index < -0.39 is 0 Å². The number of amides is 1. The van der Waals surface area contributed by atoms with Crippen LogP contribution < -0.4 is 10.2 Å². The summed E-state index contributed by atoms with van der Waals surface area (Å²) < 4.78 is 5.05. The van der Waals surface area contributed by atoms with Crippen LogP contribution in [0.4, 0.5) is 0 Å². The van der Waals surface area contributed by atoms with Crippen molar-refractivity contribution < 1.29 is 14.6 Å². The lowest BCUT2D eigenvalue weighted by Gasteiger charge is -2.10. The fourth-order valence-electron chi connectivity index (χ4n) is 3.05. The number of nitrogens with zero attached hydrogens (tertiary/aromatic N) is 2. The van der Waals surface area contributed by atoms with Crippen molar-refractivity contribution in [2.45, 2.75) is 25.7 Å². The van der Waals surface area contributed by atoms with E-state index in [4.69, 9.17) is 4.74 Å². The quantitative estimate of drug-likeness (QED) is 0.364. The van der Waals surface area contributed by atoms with Gasteiger partial charge in [0.15, 0.2) is 11.5 Å². The van der Waals surface area contributed by atoms with Gasteiger partial charge in [-0.3, -0.25) is 9.78 Å². The number of phenols is 1. The molecule has 2 aromatic carbocycles. The molecule has 6 nitrogen and oxygen atoms in total. The number of carbonyl (C=O) groups is 1. The van der Waals surface area contributed by atoms with Crippen molar-refractivity contribution in [2.24, 2.45) is 5.10 Å². The molecule has 0 saturated heterocycles. The summed E-state index contributed by atoms with van der Waals surface area (Å²) in [7, 11) is 1.47. The van der Waals surface area contributed by atoms with E-state index in [1.807, 2.05) is 19.9 Å². The second kappa shape index (κ2) is 8.96. The molecular weight excluding hydrogens is 386 g/mol. The van der Waals surface area contributed by atoms with E-state index >= 15 is 0 Å². The zero-order chi connectivity index (χ0) is 21.0. The number of benzene rings is 2. The van der Waals surface area contributed by atoms with E-state index in [9.17, 15) is 9.90 Å². The first-order valence-electron chi connectivity index (χ1n) is 9.08. The molecule has 3 aromatic rings. The van der Waals surface area contributed by atoms with Crippen molar-refractivity contribution >= 4 is 34.8 Å². The molecule has 7 heteroatoms. The van der Waals surface area contributed by atoms with Crippen LogP contribution in [0.2, 0.25) is 0 Å². The number of aryl methyl sites for hydroxylation is 3. The molecule has 0 saturated carbocycles. The van der Waals surface area contributed by atoms with Gasteiger partial charge >= 0.3 is 0 Å². The number of nitrogens with one attached hydrogen (secondary N) is 1. The number of aromatic nitrogens is 1. The number of fused-ring (bicyclic) bond motifs is 1. The summed E-state index contributed by atoms with van der Waals surface area (Å²) in [5.74, 6) is 0.307. The summed E-state index contributed by atoms with van der Waals surface area (Å²) in [6.07, 6.45) is 1.39. The Morgan fingerprint density at radius 1 is 1.28 bits per heavy atom. The number of ether oxygens (including phenoxy) is 1. The van der Waals surface area contributed by atoms with Crippen molar-refractivity contribution in [1.29, 1.82) is 0 Å². The van der Waals surface area contributed by atoms with Crippen LogP contribution in [0.1, 0.15) is 22.4 Å². The van der Waals surface area contributed by atoms with Gasteiger partial charge in [-0.05, 0) is 50.6 Å². The van der Waals surface area contributed by atoms with Gasteiger partial charge in [0.05, 0.1) is 24.6 Å². The SMILES string of the molecule is COc1cccc(/C=N/NC(=O)CSc2cc(C)nc3c(C)cc(C)cc23)c1O. The van der Waals surface area contributed by atoms with Gasteiger partial charge < -0.3 is 9.84 Å². The highest BCUT2D eigenvalue weighted by Crippen LogP contribution is 2.30. The zero-order valence-electron chi connectivity index (χ0n) is 16.8. The summed E-state index contributed by atoms with van der Waals surface area (Å²) in [4.78, 5) is 17.9. The summed E-state index contributed by atoms with van der Waals surface area (Å²) in [6, 6.07) is 11.3. The van der Waals surface area contributed by atoms with E-state index in [0.717, 1.165) is 32.6 Å². The third kappa shape index (κ3) is 4.86. The first-order chi connectivity index (χ1) is 13.9. The molecule has 150 valence electrons. The highest BCUT2D eigenvalue weighted by atomic mass is 32.2. The van der Waals surface area contributed by atoms with Crippen molar-refractivity contribution in [1.82, 2.24) is 10.4 Å². The molecule has 0 radical (unpaired) electrons. The lowest BCUT2D eigenvalue weighted by Crippen LogP contribution is -2.19. The maximum Gasteiger partial charge on any atom is 0.250 e. The Bertz CT molecular complexity index is 1100. The highest BCUT2D eigenvalue weighted by molar-refractivity contribution is 8.00. The number of thioether (sulfide) groups is 1. The Hall–Kier alpha value is -3.06. The van der Waals surface area contributed by atoms with Crippen LogP contribution in [0, 0.1) is 20.8 Å². The minimum Gasteiger partial charge on any atom is -0.504 e. The first kappa shape index (κ1) is 20.7. The average molecular weight is 410 g/mol. The number of methoxy groups -OCH3 is 1. The Morgan fingerprint density at radius 2 is 2.07 bits per heavy atom. The third-order valence-electron chi connectivity index (χ3n) is 4.34. The number of carbonyl (C=O) groups excluding carboxylic acids is 1. The Balaban J connectivity index is 1.69. The zero-order valence-corrected chi connectivity index (χ0v) is 17.6. The van der Waals surface area contributed by atoms with Crippen LogP contribution in [0.25, 0.3) is 10.9 Å². The second-order valence-electron chi connectivity index (χ2n) is 6.72. The Kier molecular flexibility index (Phi) is 6.39. The fraction of sp³-hybridized carbons (Fsp3) is 0.227. The Labute approximate surface area is 174 Å². The summed E-state index contributed by atoms with van der Waals surface area (Å²) in [5.41, 5.74) is 7.11. The van der Waals surface area contributed by atoms with Gasteiger partial charge in [0.2, 0.25) is 5.91 Å². The van der Waals surface area contributed by atoms with E-state index in [-0.39, 0.29) is 17.4 Å². The lowest BCUT2D eigenvalue weighted by atomic mass is 10.1. The molecule has 0 aliphatic rings. The van der Waals surface area contributed by atoms with Gasteiger partial charge in [-0.15, -0.1) is 11.8 Å². The topological polar surface area (TPSA) is 83.8 Å². The molecule has 0 bridgehead atoms. The van der Waals surface area contributed by atoms with Crippen LogP contribution >= 0.6 is 11.8 Å². The van der Waals surface area contributed by atoms with E-state index in [1.54, 1.807) is 18.2 Å². The third-order valence-corrected chi connectivity index (χ3v) is 5.40. The number of hydrogen-bond acceptors (Lipinski definition) is 6. The maximum absolute atomic E-state index is 12.2. The minimum absolute atomic E-state index is 0.0214. The molecule has 0 atom stereocenters. The monoisotopic (exact) mass is 409 g/mol. The van der Waals surface area contributed by atoms with Crippen LogP contribution in [0.5, 0.6) is 11.5 Å². The van der Waals surface area contributed by atoms with E-state index in [2.05, 4.69) is 34.6 Å². The van der Waals surface area contributed by atoms with Gasteiger partial charge in [-0.2, -0.15) is 5.10 Å². The summed E-state index contributed by atoms with van der Waals surface area (Å²) >= 11 is 1.45. The second-order valence-corrected chi connectivity index (χ2v) is 7.74. The number of phenolic OH excluding ortho intramolecular Hbond substituents is 1. The van der Waals surface area contributed by atoms with Crippen molar-refractivity contribution in [2.75, 3.05) is 12.9 Å². The van der Waals surface area contributed by atoms with Gasteiger partial charge in [-0.25, -0.2) is 5.43 Å². The average Bonchev–Trinajstić information content (AvgIpc) is 2.68. The minimum atomic E-state index is -0.236. The molecule has 2 N–H and O–H groups in total. The van der Waals surface area contributed by atoms with Crippen LogP contribution in [-0.2, 0) is 4.79 Å². The number of rotatable bonds is 6. The van der Waals surface area contributed by atoms with Crippen LogP contribution in [0.15, 0.2) is 46.4 Å². The van der Waals surface area contributed by atoms with Gasteiger partial charge in [0.1, 0.15) is 0 Å². The number of hydrogen-bond donors (Lipinski definition) is 2. The molecule has 0 fully saturated rings. The number of para-hydroxylation sites is 1. The molecule has 1 amide bonds. The largest absolute Gasteiger partial charge is 0.504 e. The van der Waals surface area contributed by atoms with Crippen molar-refractivity contribution in [3.05, 3.63) is 58.8 Å². The number of hydrazone groups is 1. The molecule has 1 heterocycles. The van der Waals surface area contributed by atoms with Gasteiger partial charge in [0.25, 0.3) is 0 Å². The molecule has 0 spiro atoms. The summed E-state index contributed by atoms with van der Waals surface area (Å²) in [6.45, 7) is 6.05. The number of pyridine rings is 1. The standard InChI is InChI=1S/C22H23N3O3S/c1-13-8-14(2)21-17(9-13)19(10-15(3)24-21)29-12-20(26)25-23-11-16-6-5-7-18(28-4)22(16)27/h5-11,27H,12H2,1-4H3,(H,25,26)/b23-11+. The van der Waals surface area contributed by atoms with Crippen LogP contribution in [-0.4, -0.2) is 35.1 Å². The van der Waals surface area contributed by atoms with Gasteiger partial charge in [0, 0.05) is 21.5 Å². The van der Waals surface area contributed by atoms with E-state index in [1.165, 1.54) is 25.1 Å². The molecule has 0 aliphatic carbocycles. The molecule has 29 heavy (non-hydrogen) atoms. The van der Waals surface area contributed by atoms with Crippen LogP contribution in [0.3, 0.4) is 0 Å². The summed E-state index contributed by atoms with van der Waals surface area (Å²) in [5, 5.41) is 15.0. The maximum atomic E-state index is 12.2. The Morgan fingerprint density at radius 3 is 2.83 bits per heavy atom. The van der Waals surface area contributed by atoms with E-state index in [0.29, 0.717) is 11.3 Å². The fourth-order valence-corrected chi connectivity index (χ4v) is 3.97. The molecule has 0 unspecified atom stereocenters. The first-order valence-corrected chi connectivity index (χ1v) is 10.1. The molecule has 0 aliphatic heterocycles. The predicted octanol–water partition coefficient (Wildman–Crippen LogP) is 4.12. The molecule has 3 rings (SSSR count).